The zero-order valence-electron chi connectivity index (χ0n) is 31.6. The Morgan fingerprint density at radius 1 is 0.836 bits per heavy atom. The molecule has 1 N–H and O–H groups in total. The van der Waals surface area contributed by atoms with E-state index in [0.29, 0.717) is 45.1 Å². The maximum Gasteiger partial charge on any atom is 0.523 e. The Labute approximate surface area is 317 Å². The van der Waals surface area contributed by atoms with E-state index in [0.717, 1.165) is 89.7 Å². The quantitative estimate of drug-likeness (QED) is 0.106. The molecule has 0 bridgehead atoms. The molecule has 0 saturated heterocycles. The fourth-order valence-electron chi connectivity index (χ4n) is 7.67. The van der Waals surface area contributed by atoms with E-state index < -0.39 is 39.2 Å². The van der Waals surface area contributed by atoms with E-state index in [2.05, 4.69) is 20.5 Å². The minimum atomic E-state index is -5.68. The monoisotopic (exact) mass is 803 g/mol. The number of aryl methyl sites for hydroxylation is 3. The standard InChI is InChI=1S/C23H26FN5O.C8H12F4O3S.C7H13FO/c1-15-21(16(2)30-27-15)17-9-20-22(25-10-17)19(18-11-26-28(3)12-18)13-29(20)14-23(24)7-5-4-6-8-23;9-7(4-2-1-3-5-7)6-15-16(13,14)8(10,11)12;8-7(6-9)4-2-1-3-5-7/h9-13H,4-8,14H2,1-3H3;1-6H2;9H,1-6H2. The molecule has 4 aromatic rings. The predicted octanol–water partition coefficient (Wildman–Crippen LogP) is 9.56. The van der Waals surface area contributed by atoms with Crippen molar-refractivity contribution in [2.24, 2.45) is 7.05 Å². The van der Waals surface area contributed by atoms with Crippen molar-refractivity contribution in [1.29, 1.82) is 0 Å². The SMILES string of the molecule is Cc1noc(C)c1-c1cnc2c(-c3cnn(C)c3)cn(CC3(F)CCCCC3)c2c1.O=S(=O)(OCC1(F)CCCCC1)C(F)(F)F.OCC1(F)CCCCC1. The van der Waals surface area contributed by atoms with Crippen LogP contribution in [0.3, 0.4) is 0 Å². The fourth-order valence-corrected chi connectivity index (χ4v) is 8.17. The van der Waals surface area contributed by atoms with E-state index in [1.165, 1.54) is 0 Å². The number of pyridine rings is 1. The van der Waals surface area contributed by atoms with Gasteiger partial charge in [0.1, 0.15) is 29.4 Å². The van der Waals surface area contributed by atoms with Crippen LogP contribution in [0.15, 0.2) is 35.4 Å². The van der Waals surface area contributed by atoms with Gasteiger partial charge in [0.15, 0.2) is 0 Å². The zero-order valence-corrected chi connectivity index (χ0v) is 32.4. The molecule has 0 spiro atoms. The summed E-state index contributed by atoms with van der Waals surface area (Å²) in [5, 5.41) is 17.0. The zero-order chi connectivity index (χ0) is 40.1. The Bertz CT molecular complexity index is 1950. The summed E-state index contributed by atoms with van der Waals surface area (Å²) in [4.78, 5) is 4.79. The molecule has 17 heteroatoms. The average Bonchev–Trinajstić information content (AvgIpc) is 3.84. The second-order valence-electron chi connectivity index (χ2n) is 15.3. The first kappa shape index (κ1) is 42.7. The Morgan fingerprint density at radius 3 is 1.87 bits per heavy atom. The van der Waals surface area contributed by atoms with Crippen LogP contribution in [0.4, 0.5) is 26.3 Å². The van der Waals surface area contributed by atoms with Gasteiger partial charge in [0, 0.05) is 47.9 Å². The van der Waals surface area contributed by atoms with Gasteiger partial charge in [-0.2, -0.15) is 26.7 Å². The van der Waals surface area contributed by atoms with Crippen molar-refractivity contribution >= 4 is 21.2 Å². The third-order valence-electron chi connectivity index (χ3n) is 10.8. The summed E-state index contributed by atoms with van der Waals surface area (Å²) in [6, 6.07) is 2.08. The molecule has 10 nitrogen and oxygen atoms in total. The van der Waals surface area contributed by atoms with Crippen LogP contribution >= 0.6 is 0 Å². The minimum absolute atomic E-state index is 0.0420. The largest absolute Gasteiger partial charge is 0.523 e. The average molecular weight is 804 g/mol. The van der Waals surface area contributed by atoms with E-state index in [1.54, 1.807) is 4.68 Å². The smallest absolute Gasteiger partial charge is 0.393 e. The Kier molecular flexibility index (Phi) is 13.5. The van der Waals surface area contributed by atoms with Crippen LogP contribution in [0.2, 0.25) is 0 Å². The number of aliphatic hydroxyl groups excluding tert-OH is 1. The summed E-state index contributed by atoms with van der Waals surface area (Å²) in [5.74, 6) is 0.758. The molecular weight excluding hydrogens is 753 g/mol. The number of aromatic nitrogens is 5. The molecule has 0 unspecified atom stereocenters. The highest BCUT2D eigenvalue weighted by molar-refractivity contribution is 7.87. The summed E-state index contributed by atoms with van der Waals surface area (Å²) in [7, 11) is -3.78. The van der Waals surface area contributed by atoms with Gasteiger partial charge in [-0.25, -0.2) is 13.2 Å². The Morgan fingerprint density at radius 2 is 1.40 bits per heavy atom. The number of hydrogen-bond acceptors (Lipinski definition) is 8. The topological polar surface area (TPSA) is 125 Å². The second-order valence-corrected chi connectivity index (χ2v) is 16.9. The lowest BCUT2D eigenvalue weighted by molar-refractivity contribution is -0.0589. The second kappa shape index (κ2) is 17.4. The summed E-state index contributed by atoms with van der Waals surface area (Å²) >= 11 is 0. The van der Waals surface area contributed by atoms with Crippen molar-refractivity contribution in [3.05, 3.63) is 42.3 Å². The fraction of sp³-hybridized carbons (Fsp3) is 0.658. The number of halogens is 6. The molecule has 306 valence electrons. The van der Waals surface area contributed by atoms with Gasteiger partial charge in [-0.05, 0) is 58.4 Å². The molecule has 7 rings (SSSR count). The molecule has 0 amide bonds. The van der Waals surface area contributed by atoms with Gasteiger partial charge in [-0.15, -0.1) is 0 Å². The van der Waals surface area contributed by atoms with Crippen LogP contribution < -0.4 is 0 Å². The van der Waals surface area contributed by atoms with E-state index in [1.807, 2.05) is 50.2 Å². The Balaban J connectivity index is 0.000000193. The number of nitrogens with zero attached hydrogens (tertiary/aromatic N) is 5. The van der Waals surface area contributed by atoms with Gasteiger partial charge in [-0.3, -0.25) is 13.8 Å². The Hall–Kier alpha value is -3.44. The van der Waals surface area contributed by atoms with Crippen LogP contribution in [0, 0.1) is 13.8 Å². The lowest BCUT2D eigenvalue weighted by atomic mass is 9.86. The van der Waals surface area contributed by atoms with Crippen LogP contribution in [-0.2, 0) is 27.9 Å². The summed E-state index contributed by atoms with van der Waals surface area (Å²) in [5.41, 5.74) is -3.37. The number of hydrogen-bond donors (Lipinski definition) is 1. The van der Waals surface area contributed by atoms with Gasteiger partial charge in [0.2, 0.25) is 0 Å². The first-order valence-electron chi connectivity index (χ1n) is 18.9. The first-order chi connectivity index (χ1) is 25.9. The number of alkyl halides is 6. The lowest BCUT2D eigenvalue weighted by Crippen LogP contribution is -2.36. The maximum absolute atomic E-state index is 15.6. The molecule has 3 aliphatic rings. The van der Waals surface area contributed by atoms with Crippen LogP contribution in [-0.4, -0.2) is 73.7 Å². The molecule has 3 saturated carbocycles. The summed E-state index contributed by atoms with van der Waals surface area (Å²) < 4.78 is 112. The molecule has 0 atom stereocenters. The number of aliphatic hydroxyl groups is 1. The number of rotatable bonds is 8. The van der Waals surface area contributed by atoms with Crippen LogP contribution in [0.5, 0.6) is 0 Å². The maximum atomic E-state index is 15.6. The molecule has 0 radical (unpaired) electrons. The lowest BCUT2D eigenvalue weighted by Gasteiger charge is -2.30. The molecule has 4 heterocycles. The van der Waals surface area contributed by atoms with E-state index in [4.69, 9.17) is 14.6 Å². The van der Waals surface area contributed by atoms with Crippen molar-refractivity contribution in [2.75, 3.05) is 13.2 Å². The molecular formula is C38H51F6N5O5S. The van der Waals surface area contributed by atoms with Gasteiger partial charge < -0.3 is 14.2 Å². The van der Waals surface area contributed by atoms with Crippen molar-refractivity contribution in [3.63, 3.8) is 0 Å². The van der Waals surface area contributed by atoms with Gasteiger partial charge in [0.05, 0.1) is 36.1 Å². The molecule has 3 fully saturated rings. The van der Waals surface area contributed by atoms with Crippen LogP contribution in [0.1, 0.15) is 108 Å². The molecule has 55 heavy (non-hydrogen) atoms. The third-order valence-corrected chi connectivity index (χ3v) is 11.8. The van der Waals surface area contributed by atoms with E-state index in [-0.39, 0.29) is 19.4 Å². The predicted molar refractivity (Wildman–Crippen MR) is 196 cm³/mol. The van der Waals surface area contributed by atoms with Crippen molar-refractivity contribution in [1.82, 2.24) is 24.5 Å². The van der Waals surface area contributed by atoms with Gasteiger partial charge >= 0.3 is 15.6 Å². The van der Waals surface area contributed by atoms with Gasteiger partial charge in [0.25, 0.3) is 0 Å². The number of fused-ring (bicyclic) bond motifs is 1. The molecule has 0 aromatic carbocycles. The molecule has 3 aliphatic carbocycles. The highest BCUT2D eigenvalue weighted by Gasteiger charge is 2.49. The van der Waals surface area contributed by atoms with Gasteiger partial charge in [-0.1, -0.05) is 62.9 Å². The molecule has 0 aliphatic heterocycles. The summed E-state index contributed by atoms with van der Waals surface area (Å²) in [6.07, 6.45) is 18.0. The highest BCUT2D eigenvalue weighted by atomic mass is 32.2. The minimum Gasteiger partial charge on any atom is -0.393 e. The first-order valence-corrected chi connectivity index (χ1v) is 20.3. The van der Waals surface area contributed by atoms with Crippen molar-refractivity contribution in [2.45, 2.75) is 139 Å². The molecule has 4 aromatic heterocycles. The van der Waals surface area contributed by atoms with Crippen molar-refractivity contribution in [3.8, 4) is 22.3 Å². The van der Waals surface area contributed by atoms with Crippen LogP contribution in [0.25, 0.3) is 33.3 Å². The summed E-state index contributed by atoms with van der Waals surface area (Å²) in [6.45, 7) is 2.84. The highest BCUT2D eigenvalue weighted by Crippen LogP contribution is 2.39. The third kappa shape index (κ3) is 10.7. The normalized spacial score (nSPS) is 19.6. The van der Waals surface area contributed by atoms with Crippen molar-refractivity contribution < 1.29 is 48.6 Å². The van der Waals surface area contributed by atoms with E-state index in [9.17, 15) is 30.4 Å². The van der Waals surface area contributed by atoms with E-state index >= 15 is 4.39 Å².